The Morgan fingerprint density at radius 1 is 1.15 bits per heavy atom. The fourth-order valence-corrected chi connectivity index (χ4v) is 4.85. The second kappa shape index (κ2) is 8.22. The van der Waals surface area contributed by atoms with E-state index in [1.54, 1.807) is 11.8 Å². The van der Waals surface area contributed by atoms with Gasteiger partial charge in [-0.2, -0.15) is 0 Å². The van der Waals surface area contributed by atoms with Gasteiger partial charge < -0.3 is 9.88 Å². The van der Waals surface area contributed by atoms with Crippen LogP contribution in [0.3, 0.4) is 0 Å². The quantitative estimate of drug-likeness (QED) is 0.602. The molecular weight excluding hydrogens is 352 g/mol. The van der Waals surface area contributed by atoms with E-state index >= 15 is 0 Å². The highest BCUT2D eigenvalue weighted by Crippen LogP contribution is 2.30. The van der Waals surface area contributed by atoms with Crippen LogP contribution in [0.15, 0.2) is 59.6 Å². The number of thioether (sulfide) groups is 1. The summed E-state index contributed by atoms with van der Waals surface area (Å²) >= 11 is 1.64. The summed E-state index contributed by atoms with van der Waals surface area (Å²) in [5, 5.41) is 4.41. The van der Waals surface area contributed by atoms with Gasteiger partial charge in [-0.15, -0.1) is 11.8 Å². The minimum atomic E-state index is 0.155. The van der Waals surface area contributed by atoms with E-state index in [-0.39, 0.29) is 5.91 Å². The van der Waals surface area contributed by atoms with E-state index in [2.05, 4.69) is 71.5 Å². The predicted molar refractivity (Wildman–Crippen MR) is 113 cm³/mol. The van der Waals surface area contributed by atoms with Crippen LogP contribution >= 0.6 is 11.8 Å². The first-order valence-corrected chi connectivity index (χ1v) is 10.7. The van der Waals surface area contributed by atoms with E-state index in [1.807, 2.05) is 0 Å². The van der Waals surface area contributed by atoms with Gasteiger partial charge in [-0.3, -0.25) is 4.79 Å². The zero-order valence-corrected chi connectivity index (χ0v) is 16.6. The van der Waals surface area contributed by atoms with Crippen LogP contribution < -0.4 is 5.32 Å². The molecule has 4 heteroatoms. The van der Waals surface area contributed by atoms with Crippen molar-refractivity contribution in [3.8, 4) is 0 Å². The standard InChI is InChI=1S/C23H26N2OS/c1-17-7-6-8-18(13-17)14-25-15-22(20-11-4-5-12-21(20)25)27-16-23(26)24-19-9-2-3-10-19/h4-8,11-13,15,19H,2-3,9-10,14,16H2,1H3,(H,24,26). The van der Waals surface area contributed by atoms with Gasteiger partial charge in [-0.05, 0) is 31.4 Å². The molecule has 1 aliphatic rings. The van der Waals surface area contributed by atoms with E-state index in [0.29, 0.717) is 11.8 Å². The second-order valence-corrected chi connectivity index (χ2v) is 8.48. The highest BCUT2D eigenvalue weighted by Gasteiger charge is 2.17. The number of rotatable bonds is 6. The number of carbonyl (C=O) groups is 1. The van der Waals surface area contributed by atoms with Crippen LogP contribution in [0.25, 0.3) is 10.9 Å². The normalized spacial score (nSPS) is 14.7. The molecule has 0 bridgehead atoms. The lowest BCUT2D eigenvalue weighted by molar-refractivity contribution is -0.119. The van der Waals surface area contributed by atoms with Gasteiger partial charge in [0, 0.05) is 34.6 Å². The average molecular weight is 379 g/mol. The maximum atomic E-state index is 12.3. The Bertz CT molecular complexity index is 940. The van der Waals surface area contributed by atoms with Gasteiger partial charge in [0.05, 0.1) is 5.75 Å². The Labute approximate surface area is 165 Å². The summed E-state index contributed by atoms with van der Waals surface area (Å²) in [6.07, 6.45) is 6.94. The number of nitrogens with zero attached hydrogens (tertiary/aromatic N) is 1. The lowest BCUT2D eigenvalue weighted by atomic mass is 10.1. The molecule has 3 aromatic rings. The lowest BCUT2D eigenvalue weighted by Crippen LogP contribution is -2.33. The molecule has 1 saturated carbocycles. The highest BCUT2D eigenvalue weighted by atomic mass is 32.2. The summed E-state index contributed by atoms with van der Waals surface area (Å²) in [7, 11) is 0. The van der Waals surface area contributed by atoms with Crippen molar-refractivity contribution >= 4 is 28.6 Å². The SMILES string of the molecule is Cc1cccc(Cn2cc(SCC(=O)NC3CCCC3)c3ccccc32)c1. The molecule has 140 valence electrons. The molecular formula is C23H26N2OS. The first-order valence-electron chi connectivity index (χ1n) is 9.74. The number of amides is 1. The van der Waals surface area contributed by atoms with Crippen molar-refractivity contribution in [2.45, 2.75) is 50.1 Å². The third-order valence-corrected chi connectivity index (χ3v) is 6.31. The molecule has 1 aromatic heterocycles. The van der Waals surface area contributed by atoms with Crippen molar-refractivity contribution in [1.29, 1.82) is 0 Å². The fourth-order valence-electron chi connectivity index (χ4n) is 3.95. The molecule has 0 radical (unpaired) electrons. The van der Waals surface area contributed by atoms with Crippen LogP contribution in [0.1, 0.15) is 36.8 Å². The van der Waals surface area contributed by atoms with E-state index in [1.165, 1.54) is 39.8 Å². The number of para-hydroxylation sites is 1. The zero-order valence-electron chi connectivity index (χ0n) is 15.8. The monoisotopic (exact) mass is 378 g/mol. The first-order chi connectivity index (χ1) is 13.2. The second-order valence-electron chi connectivity index (χ2n) is 7.47. The molecule has 0 saturated heterocycles. The van der Waals surface area contributed by atoms with Gasteiger partial charge in [0.1, 0.15) is 0 Å². The molecule has 27 heavy (non-hydrogen) atoms. The van der Waals surface area contributed by atoms with Gasteiger partial charge in [0.25, 0.3) is 0 Å². The topological polar surface area (TPSA) is 34.0 Å². The van der Waals surface area contributed by atoms with Crippen LogP contribution in [-0.4, -0.2) is 22.3 Å². The summed E-state index contributed by atoms with van der Waals surface area (Å²) in [6.45, 7) is 2.97. The van der Waals surface area contributed by atoms with Crippen LogP contribution in [0.4, 0.5) is 0 Å². The molecule has 0 aliphatic heterocycles. The Morgan fingerprint density at radius 2 is 1.96 bits per heavy atom. The summed E-state index contributed by atoms with van der Waals surface area (Å²) in [6, 6.07) is 17.5. The number of carbonyl (C=O) groups excluding carboxylic acids is 1. The number of aromatic nitrogens is 1. The summed E-state index contributed by atoms with van der Waals surface area (Å²) in [5.41, 5.74) is 3.80. The smallest absolute Gasteiger partial charge is 0.230 e. The Kier molecular flexibility index (Phi) is 5.53. The minimum absolute atomic E-state index is 0.155. The van der Waals surface area contributed by atoms with Crippen LogP contribution in [0.5, 0.6) is 0 Å². The maximum absolute atomic E-state index is 12.3. The van der Waals surface area contributed by atoms with E-state index in [0.717, 1.165) is 19.4 Å². The largest absolute Gasteiger partial charge is 0.353 e. The number of hydrogen-bond acceptors (Lipinski definition) is 2. The summed E-state index contributed by atoms with van der Waals surface area (Å²) in [5.74, 6) is 0.636. The van der Waals surface area contributed by atoms with Crippen molar-refractivity contribution < 1.29 is 4.79 Å². The van der Waals surface area contributed by atoms with Crippen LogP contribution in [0.2, 0.25) is 0 Å². The molecule has 0 unspecified atom stereocenters. The van der Waals surface area contributed by atoms with Gasteiger partial charge in [-0.25, -0.2) is 0 Å². The number of benzene rings is 2. The molecule has 3 nitrogen and oxygen atoms in total. The lowest BCUT2D eigenvalue weighted by Gasteiger charge is -2.11. The average Bonchev–Trinajstić information content (AvgIpc) is 3.29. The van der Waals surface area contributed by atoms with Crippen molar-refractivity contribution in [2.24, 2.45) is 0 Å². The van der Waals surface area contributed by atoms with Crippen LogP contribution in [0, 0.1) is 6.92 Å². The zero-order chi connectivity index (χ0) is 18.6. The molecule has 1 aliphatic carbocycles. The predicted octanol–water partition coefficient (Wildman–Crippen LogP) is 5.15. The van der Waals surface area contributed by atoms with Crippen LogP contribution in [-0.2, 0) is 11.3 Å². The Balaban J connectivity index is 1.50. The van der Waals surface area contributed by atoms with Gasteiger partial charge >= 0.3 is 0 Å². The minimum Gasteiger partial charge on any atom is -0.353 e. The Morgan fingerprint density at radius 3 is 2.78 bits per heavy atom. The molecule has 0 atom stereocenters. The third kappa shape index (κ3) is 4.38. The summed E-state index contributed by atoms with van der Waals surface area (Å²) < 4.78 is 2.29. The van der Waals surface area contributed by atoms with E-state index in [4.69, 9.17) is 0 Å². The van der Waals surface area contributed by atoms with Gasteiger partial charge in [-0.1, -0.05) is 60.9 Å². The van der Waals surface area contributed by atoms with Gasteiger partial charge in [0.2, 0.25) is 5.91 Å². The third-order valence-electron chi connectivity index (χ3n) is 5.27. The number of fused-ring (bicyclic) bond motifs is 1. The number of aryl methyl sites for hydroxylation is 1. The fraction of sp³-hybridized carbons (Fsp3) is 0.348. The van der Waals surface area contributed by atoms with Crippen molar-refractivity contribution in [1.82, 2.24) is 9.88 Å². The van der Waals surface area contributed by atoms with E-state index in [9.17, 15) is 4.79 Å². The van der Waals surface area contributed by atoms with Crippen molar-refractivity contribution in [3.05, 3.63) is 65.9 Å². The Hall–Kier alpha value is -2.20. The molecule has 2 aromatic carbocycles. The number of hydrogen-bond donors (Lipinski definition) is 1. The van der Waals surface area contributed by atoms with Crippen molar-refractivity contribution in [3.63, 3.8) is 0 Å². The van der Waals surface area contributed by atoms with Crippen molar-refractivity contribution in [2.75, 3.05) is 5.75 Å². The molecule has 1 N–H and O–H groups in total. The molecule has 0 spiro atoms. The molecule has 4 rings (SSSR count). The first kappa shape index (κ1) is 18.2. The van der Waals surface area contributed by atoms with E-state index < -0.39 is 0 Å². The summed E-state index contributed by atoms with van der Waals surface area (Å²) in [4.78, 5) is 13.5. The van der Waals surface area contributed by atoms with Gasteiger partial charge in [0.15, 0.2) is 0 Å². The maximum Gasteiger partial charge on any atom is 0.230 e. The molecule has 1 heterocycles. The molecule has 1 amide bonds. The number of nitrogens with one attached hydrogen (secondary N) is 1. The molecule has 1 fully saturated rings. The highest BCUT2D eigenvalue weighted by molar-refractivity contribution is 8.00.